The maximum Gasteiger partial charge on any atom is 0.275 e. The average Bonchev–Trinajstić information content (AvgIpc) is 2.54. The van der Waals surface area contributed by atoms with Gasteiger partial charge in [-0.15, -0.1) is 0 Å². The van der Waals surface area contributed by atoms with Crippen molar-refractivity contribution in [2.24, 2.45) is 0 Å². The van der Waals surface area contributed by atoms with Crippen LogP contribution in [0.3, 0.4) is 0 Å². The molecule has 0 amide bonds. The van der Waals surface area contributed by atoms with Crippen LogP contribution in [0.5, 0.6) is 0 Å². The zero-order chi connectivity index (χ0) is 9.31. The Morgan fingerprint density at radius 3 is 2.62 bits per heavy atom. The fourth-order valence-electron chi connectivity index (χ4n) is 1.14. The third kappa shape index (κ3) is 1.54. The number of hydrogen-bond donors (Lipinski definition) is 0. The van der Waals surface area contributed by atoms with E-state index in [-0.39, 0.29) is 0 Å². The van der Waals surface area contributed by atoms with Gasteiger partial charge in [-0.05, 0) is 22.0 Å². The van der Waals surface area contributed by atoms with Crippen LogP contribution in [-0.4, -0.2) is 4.98 Å². The van der Waals surface area contributed by atoms with Crippen molar-refractivity contribution < 1.29 is 9.47 Å². The van der Waals surface area contributed by atoms with Crippen molar-refractivity contribution in [3.63, 3.8) is 0 Å². The van der Waals surface area contributed by atoms with Crippen molar-refractivity contribution in [1.29, 1.82) is 0 Å². The lowest BCUT2D eigenvalue weighted by Crippen LogP contribution is -2.22. The molecule has 0 radical (unpaired) electrons. The average molecular weight is 242 g/mol. The molecule has 0 atom stereocenters. The molecule has 2 heterocycles. The van der Waals surface area contributed by atoms with Crippen molar-refractivity contribution in [3.05, 3.63) is 41.0 Å². The first-order valence-corrected chi connectivity index (χ1v) is 4.62. The lowest BCUT2D eigenvalue weighted by atomic mass is 10.1. The summed E-state index contributed by atoms with van der Waals surface area (Å²) in [5.74, 6) is -0.725. The number of halogens is 1. The van der Waals surface area contributed by atoms with Crippen LogP contribution in [0.1, 0.15) is 12.5 Å². The third-order valence-corrected chi connectivity index (χ3v) is 2.30. The summed E-state index contributed by atoms with van der Waals surface area (Å²) in [6, 6.07) is 1.92. The van der Waals surface area contributed by atoms with E-state index in [0.29, 0.717) is 0 Å². The predicted molar refractivity (Wildman–Crippen MR) is 50.6 cm³/mol. The fourth-order valence-corrected chi connectivity index (χ4v) is 1.50. The first-order chi connectivity index (χ1) is 6.21. The van der Waals surface area contributed by atoms with Crippen LogP contribution in [0.15, 0.2) is 35.5 Å². The second kappa shape index (κ2) is 3.03. The van der Waals surface area contributed by atoms with Gasteiger partial charge in [-0.25, -0.2) is 0 Å². The molecule has 0 saturated heterocycles. The molecular weight excluding hydrogens is 234 g/mol. The molecule has 1 aromatic heterocycles. The molecule has 4 heteroatoms. The molecule has 0 saturated carbocycles. The maximum atomic E-state index is 5.32. The highest BCUT2D eigenvalue weighted by Gasteiger charge is 2.32. The van der Waals surface area contributed by atoms with Gasteiger partial charge in [0.25, 0.3) is 5.79 Å². The molecule has 3 nitrogen and oxygen atoms in total. The van der Waals surface area contributed by atoms with Crippen LogP contribution in [0, 0.1) is 0 Å². The summed E-state index contributed by atoms with van der Waals surface area (Å²) in [5.41, 5.74) is 0.881. The van der Waals surface area contributed by atoms with Gasteiger partial charge in [0.1, 0.15) is 12.5 Å². The largest absolute Gasteiger partial charge is 0.453 e. The van der Waals surface area contributed by atoms with E-state index in [2.05, 4.69) is 20.9 Å². The summed E-state index contributed by atoms with van der Waals surface area (Å²) in [4.78, 5) is 4.04. The Morgan fingerprint density at radius 1 is 1.31 bits per heavy atom. The second-order valence-electron chi connectivity index (χ2n) is 2.85. The van der Waals surface area contributed by atoms with Gasteiger partial charge in [0.05, 0.1) is 5.56 Å². The van der Waals surface area contributed by atoms with E-state index in [1.54, 1.807) is 12.4 Å². The van der Waals surface area contributed by atoms with E-state index in [0.717, 1.165) is 10.0 Å². The molecule has 68 valence electrons. The number of rotatable bonds is 1. The van der Waals surface area contributed by atoms with Gasteiger partial charge >= 0.3 is 0 Å². The smallest absolute Gasteiger partial charge is 0.275 e. The van der Waals surface area contributed by atoms with Gasteiger partial charge in [-0.3, -0.25) is 4.98 Å². The van der Waals surface area contributed by atoms with E-state index in [4.69, 9.17) is 9.47 Å². The SMILES string of the molecule is CC1(c2cncc(Br)c2)OC=CO1. The molecule has 1 aliphatic rings. The Kier molecular flexibility index (Phi) is 2.00. The molecule has 1 aliphatic heterocycles. The Bertz CT molecular complexity index is 343. The molecule has 0 bridgehead atoms. The topological polar surface area (TPSA) is 31.4 Å². The minimum atomic E-state index is -0.725. The van der Waals surface area contributed by atoms with E-state index in [1.807, 2.05) is 13.0 Å². The van der Waals surface area contributed by atoms with E-state index in [1.165, 1.54) is 12.5 Å². The molecule has 0 fully saturated rings. The molecular formula is C9H8BrNO2. The lowest BCUT2D eigenvalue weighted by Gasteiger charge is -2.22. The van der Waals surface area contributed by atoms with Crippen molar-refractivity contribution in [1.82, 2.24) is 4.98 Å². The van der Waals surface area contributed by atoms with Crippen LogP contribution in [0.25, 0.3) is 0 Å². The van der Waals surface area contributed by atoms with Gasteiger partial charge < -0.3 is 9.47 Å². The lowest BCUT2D eigenvalue weighted by molar-refractivity contribution is -0.133. The zero-order valence-electron chi connectivity index (χ0n) is 7.03. The molecule has 0 aliphatic carbocycles. The van der Waals surface area contributed by atoms with Crippen LogP contribution in [-0.2, 0) is 15.3 Å². The van der Waals surface area contributed by atoms with Gasteiger partial charge in [0.2, 0.25) is 0 Å². The summed E-state index contributed by atoms with van der Waals surface area (Å²) < 4.78 is 11.5. The van der Waals surface area contributed by atoms with Gasteiger partial charge in [-0.1, -0.05) is 0 Å². The van der Waals surface area contributed by atoms with Crippen LogP contribution in [0.2, 0.25) is 0 Å². The molecule has 0 N–H and O–H groups in total. The highest BCUT2D eigenvalue weighted by atomic mass is 79.9. The van der Waals surface area contributed by atoms with Gasteiger partial charge in [-0.2, -0.15) is 0 Å². The molecule has 13 heavy (non-hydrogen) atoms. The van der Waals surface area contributed by atoms with Crippen molar-refractivity contribution in [3.8, 4) is 0 Å². The number of hydrogen-bond acceptors (Lipinski definition) is 3. The quantitative estimate of drug-likeness (QED) is 0.758. The highest BCUT2D eigenvalue weighted by Crippen LogP contribution is 2.31. The molecule has 0 unspecified atom stereocenters. The summed E-state index contributed by atoms with van der Waals surface area (Å²) in [6.45, 7) is 1.84. The second-order valence-corrected chi connectivity index (χ2v) is 3.76. The Morgan fingerprint density at radius 2 is 2.00 bits per heavy atom. The first-order valence-electron chi connectivity index (χ1n) is 3.82. The standard InChI is InChI=1S/C9H8BrNO2/c1-9(12-2-3-13-9)7-4-8(10)6-11-5-7/h2-6H,1H3. The number of aromatic nitrogens is 1. The Balaban J connectivity index is 2.35. The number of nitrogens with zero attached hydrogens (tertiary/aromatic N) is 1. The fraction of sp³-hybridized carbons (Fsp3) is 0.222. The maximum absolute atomic E-state index is 5.32. The Labute approximate surface area is 84.5 Å². The summed E-state index contributed by atoms with van der Waals surface area (Å²) >= 11 is 3.34. The summed E-state index contributed by atoms with van der Waals surface area (Å²) in [7, 11) is 0. The molecule has 2 rings (SSSR count). The van der Waals surface area contributed by atoms with E-state index >= 15 is 0 Å². The van der Waals surface area contributed by atoms with Crippen molar-refractivity contribution in [2.75, 3.05) is 0 Å². The Hall–Kier alpha value is -1.03. The van der Waals surface area contributed by atoms with Crippen molar-refractivity contribution >= 4 is 15.9 Å². The van der Waals surface area contributed by atoms with Gasteiger partial charge in [0, 0.05) is 23.8 Å². The number of ether oxygens (including phenoxy) is 2. The monoisotopic (exact) mass is 241 g/mol. The van der Waals surface area contributed by atoms with E-state index in [9.17, 15) is 0 Å². The third-order valence-electron chi connectivity index (χ3n) is 1.87. The summed E-state index contributed by atoms with van der Waals surface area (Å²) in [6.07, 6.45) is 6.49. The molecule has 0 spiro atoms. The molecule has 0 aromatic carbocycles. The van der Waals surface area contributed by atoms with Crippen LogP contribution < -0.4 is 0 Å². The van der Waals surface area contributed by atoms with Crippen LogP contribution in [0.4, 0.5) is 0 Å². The van der Waals surface area contributed by atoms with Crippen molar-refractivity contribution in [2.45, 2.75) is 12.7 Å². The minimum absolute atomic E-state index is 0.725. The van der Waals surface area contributed by atoms with E-state index < -0.39 is 5.79 Å². The first kappa shape index (κ1) is 8.56. The van der Waals surface area contributed by atoms with Gasteiger partial charge in [0.15, 0.2) is 0 Å². The predicted octanol–water partition coefficient (Wildman–Crippen LogP) is 2.53. The zero-order valence-corrected chi connectivity index (χ0v) is 8.61. The van der Waals surface area contributed by atoms with Crippen LogP contribution >= 0.6 is 15.9 Å². The summed E-state index contributed by atoms with van der Waals surface area (Å²) in [5, 5.41) is 0. The normalized spacial score (nSPS) is 18.0. The number of pyridine rings is 1. The highest BCUT2D eigenvalue weighted by molar-refractivity contribution is 9.10. The minimum Gasteiger partial charge on any atom is -0.453 e. The molecule has 1 aromatic rings.